The number of fused-ring (bicyclic) bond motifs is 2. The zero-order valence-corrected chi connectivity index (χ0v) is 27.7. The van der Waals surface area contributed by atoms with Crippen LogP contribution < -0.4 is 0 Å². The normalized spacial score (nSPS) is 56.5. The van der Waals surface area contributed by atoms with E-state index in [4.69, 9.17) is 14.2 Å². The Kier molecular flexibility index (Phi) is 7.05. The molecule has 7 aliphatic rings. The maximum atomic E-state index is 14.1. The summed E-state index contributed by atoms with van der Waals surface area (Å²) in [6.07, 6.45) is 0.667. The predicted molar refractivity (Wildman–Crippen MR) is 160 cm³/mol. The molecule has 9 nitrogen and oxygen atoms in total. The minimum absolute atomic E-state index is 0.0321. The fourth-order valence-corrected chi connectivity index (χ4v) is 12.9. The van der Waals surface area contributed by atoms with E-state index >= 15 is 0 Å². The number of ketones is 1. The lowest BCUT2D eigenvalue weighted by Gasteiger charge is -2.63. The van der Waals surface area contributed by atoms with Gasteiger partial charge in [0.05, 0.1) is 24.4 Å². The summed E-state index contributed by atoms with van der Waals surface area (Å²) < 4.78 is 17.8. The molecule has 2 aliphatic heterocycles. The van der Waals surface area contributed by atoms with Gasteiger partial charge in [-0.3, -0.25) is 4.79 Å². The number of Topliss-reactive ketones (excluding diaryl/α,β-unsaturated/α-hetero) is 1. The van der Waals surface area contributed by atoms with Crippen LogP contribution in [0.5, 0.6) is 0 Å². The lowest BCUT2D eigenvalue weighted by atomic mass is 9.41. The van der Waals surface area contributed by atoms with Gasteiger partial charge in [-0.05, 0) is 105 Å². The van der Waals surface area contributed by atoms with Crippen molar-refractivity contribution >= 4 is 5.78 Å². The maximum absolute atomic E-state index is 14.1. The van der Waals surface area contributed by atoms with Crippen molar-refractivity contribution < 1.29 is 44.5 Å². The van der Waals surface area contributed by atoms with E-state index in [-0.39, 0.29) is 69.6 Å². The van der Waals surface area contributed by atoms with E-state index in [2.05, 4.69) is 34.6 Å². The average Bonchev–Trinajstić information content (AvgIpc) is 3.80. The second kappa shape index (κ2) is 9.71. The topological polar surface area (TPSA) is 149 Å². The number of aliphatic hydroxyl groups is 5. The molecule has 7 rings (SSSR count). The van der Waals surface area contributed by atoms with Crippen LogP contribution in [0.4, 0.5) is 0 Å². The SMILES string of the molecule is CC(CC(O)C1OC1(C)C)C1C(=O)C(O)C2(C)C3CCC4C(C)(C)C(OC5OCC(O)C(O)C5O)CCC45CC35CCC12C. The summed E-state index contributed by atoms with van der Waals surface area (Å²) in [4.78, 5) is 14.1. The molecule has 250 valence electrons. The number of epoxide rings is 1. The van der Waals surface area contributed by atoms with Crippen LogP contribution in [0.15, 0.2) is 0 Å². The van der Waals surface area contributed by atoms with Gasteiger partial charge in [0.15, 0.2) is 12.1 Å². The molecule has 5 N–H and O–H groups in total. The van der Waals surface area contributed by atoms with Crippen LogP contribution in [0, 0.1) is 50.7 Å². The van der Waals surface area contributed by atoms with Crippen molar-refractivity contribution in [2.75, 3.05) is 6.61 Å². The highest BCUT2D eigenvalue weighted by Gasteiger charge is 2.84. The van der Waals surface area contributed by atoms with Gasteiger partial charge < -0.3 is 39.7 Å². The van der Waals surface area contributed by atoms with Gasteiger partial charge in [0.2, 0.25) is 0 Å². The smallest absolute Gasteiger partial charge is 0.186 e. The van der Waals surface area contributed by atoms with Crippen molar-refractivity contribution in [1.29, 1.82) is 0 Å². The molecule has 5 aliphatic carbocycles. The van der Waals surface area contributed by atoms with Crippen LogP contribution in [0.1, 0.15) is 99.8 Å². The van der Waals surface area contributed by atoms with Gasteiger partial charge in [-0.25, -0.2) is 0 Å². The minimum Gasteiger partial charge on any atom is -0.390 e. The highest BCUT2D eigenvalue weighted by molar-refractivity contribution is 5.90. The van der Waals surface area contributed by atoms with Crippen LogP contribution in [0.25, 0.3) is 0 Å². The number of aliphatic hydroxyl groups excluding tert-OH is 5. The summed E-state index contributed by atoms with van der Waals surface area (Å²) in [6.45, 7) is 15.0. The van der Waals surface area contributed by atoms with Crippen molar-refractivity contribution in [3.8, 4) is 0 Å². The molecule has 0 amide bonds. The highest BCUT2D eigenvalue weighted by atomic mass is 16.7. The van der Waals surface area contributed by atoms with Crippen molar-refractivity contribution in [2.24, 2.45) is 50.7 Å². The van der Waals surface area contributed by atoms with Crippen molar-refractivity contribution in [1.82, 2.24) is 0 Å². The summed E-state index contributed by atoms with van der Waals surface area (Å²) in [5.41, 5.74) is -1.15. The number of carbonyl (C=O) groups is 1. The van der Waals surface area contributed by atoms with Crippen LogP contribution in [-0.2, 0) is 19.0 Å². The maximum Gasteiger partial charge on any atom is 0.186 e. The third-order valence-corrected chi connectivity index (χ3v) is 15.4. The average molecular weight is 621 g/mol. The monoisotopic (exact) mass is 620 g/mol. The Morgan fingerprint density at radius 1 is 0.909 bits per heavy atom. The van der Waals surface area contributed by atoms with Gasteiger partial charge in [0.25, 0.3) is 0 Å². The fourth-order valence-electron chi connectivity index (χ4n) is 12.9. The van der Waals surface area contributed by atoms with E-state index in [1.165, 1.54) is 0 Å². The number of carbonyl (C=O) groups excluding carboxylic acids is 1. The van der Waals surface area contributed by atoms with Crippen LogP contribution in [0.2, 0.25) is 0 Å². The molecule has 16 unspecified atom stereocenters. The van der Waals surface area contributed by atoms with Crippen molar-refractivity contribution in [3.05, 3.63) is 0 Å². The lowest BCUT2D eigenvalue weighted by Crippen LogP contribution is -2.61. The Morgan fingerprint density at radius 3 is 2.20 bits per heavy atom. The van der Waals surface area contributed by atoms with E-state index in [1.807, 2.05) is 13.8 Å². The number of hydrogen-bond donors (Lipinski definition) is 5. The molecule has 5 saturated carbocycles. The molecule has 0 aromatic heterocycles. The van der Waals surface area contributed by atoms with Crippen LogP contribution >= 0.6 is 0 Å². The van der Waals surface area contributed by atoms with Gasteiger partial charge >= 0.3 is 0 Å². The van der Waals surface area contributed by atoms with Crippen LogP contribution in [-0.4, -0.2) is 92.5 Å². The molecule has 0 radical (unpaired) electrons. The standard InChI is InChI=1S/C35H56O9/c1-17(14-18(36)28-31(4,5)44-28)23-25(39)27(41)33(7)21-9-8-20-30(2,3)22(43-29-26(40)24(38)19(37)15-42-29)10-11-34(20)16-35(21,34)13-12-32(23,33)6/h17-24,26-29,36-38,40-41H,8-16H2,1-7H3. The molecule has 2 heterocycles. The van der Waals surface area contributed by atoms with Crippen molar-refractivity contribution in [3.63, 3.8) is 0 Å². The third kappa shape index (κ3) is 3.90. The van der Waals surface area contributed by atoms with Gasteiger partial charge in [-0.2, -0.15) is 0 Å². The first-order valence-electron chi connectivity index (χ1n) is 17.3. The van der Waals surface area contributed by atoms with Gasteiger partial charge in [-0.15, -0.1) is 0 Å². The summed E-state index contributed by atoms with van der Waals surface area (Å²) in [5.74, 6) is 0.275. The number of hydrogen-bond acceptors (Lipinski definition) is 9. The molecular weight excluding hydrogens is 564 g/mol. The zero-order chi connectivity index (χ0) is 32.0. The van der Waals surface area contributed by atoms with Gasteiger partial charge in [0.1, 0.15) is 30.5 Å². The Bertz CT molecular complexity index is 1190. The molecule has 2 saturated heterocycles. The largest absolute Gasteiger partial charge is 0.390 e. The predicted octanol–water partition coefficient (Wildman–Crippen LogP) is 2.96. The molecule has 16 atom stereocenters. The van der Waals surface area contributed by atoms with Crippen molar-refractivity contribution in [2.45, 2.75) is 154 Å². The molecule has 44 heavy (non-hydrogen) atoms. The van der Waals surface area contributed by atoms with E-state index in [0.29, 0.717) is 12.3 Å². The summed E-state index contributed by atoms with van der Waals surface area (Å²) in [6, 6.07) is 0. The first kappa shape index (κ1) is 31.9. The second-order valence-electron chi connectivity index (χ2n) is 17.8. The van der Waals surface area contributed by atoms with E-state index in [9.17, 15) is 30.3 Å². The first-order chi connectivity index (χ1) is 20.4. The Labute approximate surface area is 262 Å². The molecule has 0 bridgehead atoms. The highest BCUT2D eigenvalue weighted by Crippen LogP contribution is 2.89. The fraction of sp³-hybridized carbons (Fsp3) is 0.971. The van der Waals surface area contributed by atoms with Gasteiger partial charge in [-0.1, -0.05) is 34.6 Å². The Balaban J connectivity index is 1.12. The zero-order valence-electron chi connectivity index (χ0n) is 27.7. The third-order valence-electron chi connectivity index (χ3n) is 15.4. The second-order valence-corrected chi connectivity index (χ2v) is 17.8. The molecule has 0 aromatic carbocycles. The summed E-state index contributed by atoms with van der Waals surface area (Å²) in [7, 11) is 0. The number of ether oxygens (including phenoxy) is 3. The summed E-state index contributed by atoms with van der Waals surface area (Å²) >= 11 is 0. The molecule has 2 spiro atoms. The Hall–Kier alpha value is -0.650. The minimum atomic E-state index is -1.30. The summed E-state index contributed by atoms with van der Waals surface area (Å²) in [5, 5.41) is 53.6. The van der Waals surface area contributed by atoms with E-state index < -0.39 is 42.2 Å². The molecule has 9 heteroatoms. The first-order valence-corrected chi connectivity index (χ1v) is 17.3. The molecule has 0 aromatic rings. The quantitative estimate of drug-likeness (QED) is 0.223. The molecular formula is C35H56O9. The van der Waals surface area contributed by atoms with E-state index in [0.717, 1.165) is 44.9 Å². The Morgan fingerprint density at radius 2 is 1.55 bits per heavy atom. The van der Waals surface area contributed by atoms with Gasteiger partial charge in [0, 0.05) is 11.3 Å². The molecule has 7 fully saturated rings. The lowest BCUT2D eigenvalue weighted by molar-refractivity contribution is -0.303. The van der Waals surface area contributed by atoms with E-state index in [1.54, 1.807) is 0 Å². The number of rotatable bonds is 6. The van der Waals surface area contributed by atoms with Crippen LogP contribution in [0.3, 0.4) is 0 Å².